The third-order valence-corrected chi connectivity index (χ3v) is 9.99. The predicted octanol–water partition coefficient (Wildman–Crippen LogP) is 12.6. The minimum Gasteiger partial charge on any atom is -0.456 e. The van der Waals surface area contributed by atoms with Crippen molar-refractivity contribution in [3.63, 3.8) is 0 Å². The normalized spacial score (nSPS) is 16.4. The highest BCUT2D eigenvalue weighted by molar-refractivity contribution is 6.06. The third-order valence-electron chi connectivity index (χ3n) is 9.99. The number of hydrogen-bond donors (Lipinski definition) is 0. The molecule has 9 aromatic rings. The first-order valence-electron chi connectivity index (χ1n) is 18.9. The maximum Gasteiger partial charge on any atom is 0.135 e. The number of nitrogens with zero attached hydrogens (tertiary/aromatic N) is 1. The highest BCUT2D eigenvalue weighted by atomic mass is 16.3. The van der Waals surface area contributed by atoms with E-state index < -0.39 is 11.5 Å². The fourth-order valence-corrected chi connectivity index (χ4v) is 7.94. The van der Waals surface area contributed by atoms with E-state index in [4.69, 9.17) is 8.53 Å². The lowest BCUT2D eigenvalue weighted by Gasteiger charge is -2.34. The zero-order valence-corrected chi connectivity index (χ0v) is 26.4. The van der Waals surface area contributed by atoms with Crippen LogP contribution in [0.1, 0.15) is 29.1 Å². The molecule has 0 fully saturated rings. The van der Waals surface area contributed by atoms with Gasteiger partial charge in [0.1, 0.15) is 11.2 Å². The van der Waals surface area contributed by atoms with Crippen molar-refractivity contribution in [2.24, 2.45) is 0 Å². The molecule has 0 bridgehead atoms. The Morgan fingerprint density at radius 1 is 0.469 bits per heavy atom. The van der Waals surface area contributed by atoms with E-state index in [0.717, 1.165) is 72.0 Å². The summed E-state index contributed by atoms with van der Waals surface area (Å²) in [6.45, 7) is 0. The fourth-order valence-electron chi connectivity index (χ4n) is 7.94. The molecule has 0 spiro atoms. The molecule has 1 aromatic heterocycles. The summed E-state index contributed by atoms with van der Waals surface area (Å²) in [6.07, 6.45) is 0. The number of anilines is 3. The first-order chi connectivity index (χ1) is 26.4. The van der Waals surface area contributed by atoms with Gasteiger partial charge in [-0.1, -0.05) is 139 Å². The minimum absolute atomic E-state index is 0.216. The Morgan fingerprint density at radius 3 is 2.08 bits per heavy atom. The van der Waals surface area contributed by atoms with Crippen molar-refractivity contribution in [1.82, 2.24) is 0 Å². The molecule has 0 radical (unpaired) electrons. The number of fused-ring (bicyclic) bond motifs is 7. The quantitative estimate of drug-likeness (QED) is 0.188. The zero-order valence-electron chi connectivity index (χ0n) is 31.4. The van der Waals surface area contributed by atoms with Crippen LogP contribution >= 0.6 is 0 Å². The molecular formula is C47H31NO. The number of para-hydroxylation sites is 2. The molecule has 0 aliphatic heterocycles. The Bertz CT molecular complexity index is 2940. The van der Waals surface area contributed by atoms with Gasteiger partial charge in [-0.25, -0.2) is 0 Å². The molecule has 1 unspecified atom stereocenters. The van der Waals surface area contributed by atoms with Gasteiger partial charge in [-0.2, -0.15) is 0 Å². The highest BCUT2D eigenvalue weighted by Crippen LogP contribution is 2.57. The molecule has 0 saturated carbocycles. The van der Waals surface area contributed by atoms with Gasteiger partial charge in [0.15, 0.2) is 0 Å². The molecule has 1 aliphatic carbocycles. The van der Waals surface area contributed by atoms with Crippen LogP contribution in [0.4, 0.5) is 17.1 Å². The second kappa shape index (κ2) is 10.8. The molecule has 230 valence electrons. The van der Waals surface area contributed by atoms with E-state index in [-0.39, 0.29) is 29.7 Å². The third kappa shape index (κ3) is 4.07. The van der Waals surface area contributed by atoms with Crippen LogP contribution in [-0.2, 0) is 5.41 Å². The molecule has 10 rings (SSSR count). The van der Waals surface area contributed by atoms with Crippen molar-refractivity contribution in [3.8, 4) is 11.1 Å². The first-order valence-corrected chi connectivity index (χ1v) is 16.4. The number of benzene rings is 8. The molecular weight excluding hydrogens is 595 g/mol. The fraction of sp³-hybridized carbons (Fsp3) is 0.0213. The van der Waals surface area contributed by atoms with E-state index in [1.54, 1.807) is 0 Å². The van der Waals surface area contributed by atoms with Gasteiger partial charge in [0.05, 0.1) is 18.0 Å². The summed E-state index contributed by atoms with van der Waals surface area (Å²) >= 11 is 0. The van der Waals surface area contributed by atoms with Crippen LogP contribution in [0.5, 0.6) is 0 Å². The summed E-state index contributed by atoms with van der Waals surface area (Å²) in [5.74, 6) is 0. The first kappa shape index (κ1) is 23.0. The molecule has 0 amide bonds. The Morgan fingerprint density at radius 2 is 1.18 bits per heavy atom. The predicted molar refractivity (Wildman–Crippen MR) is 203 cm³/mol. The van der Waals surface area contributed by atoms with Crippen molar-refractivity contribution in [3.05, 3.63) is 210 Å². The second-order valence-electron chi connectivity index (χ2n) is 12.5. The summed E-state index contributed by atoms with van der Waals surface area (Å²) in [6, 6.07) is 51.7. The lowest BCUT2D eigenvalue weighted by Crippen LogP contribution is -2.28. The van der Waals surface area contributed by atoms with E-state index >= 15 is 0 Å². The smallest absolute Gasteiger partial charge is 0.135 e. The van der Waals surface area contributed by atoms with Gasteiger partial charge in [0.25, 0.3) is 0 Å². The molecule has 2 heteroatoms. The van der Waals surface area contributed by atoms with Crippen molar-refractivity contribution < 1.29 is 11.3 Å². The molecule has 2 nitrogen and oxygen atoms in total. The Hall–Kier alpha value is -6.38. The minimum atomic E-state index is -1.26. The number of furan rings is 1. The number of hydrogen-bond acceptors (Lipinski definition) is 2. The Labute approximate surface area is 292 Å². The molecule has 1 aliphatic rings. The highest BCUT2D eigenvalue weighted by Gasteiger charge is 2.46. The molecule has 1 atom stereocenters. The summed E-state index contributed by atoms with van der Waals surface area (Å²) in [7, 11) is 0. The van der Waals surface area contributed by atoms with Crippen molar-refractivity contribution in [2.45, 2.75) is 5.41 Å². The standard InChI is InChI=1S/C47H31NO/c1-3-16-33(17-4-1)47(34-26-29-46-41(30-34)39-22-10-12-25-45(39)49-46)42-23-11-9-21-38(42)40-31-36(27-28-43(40)47)48(35-18-5-2-6-19-35)44-24-13-15-32-14-7-8-20-37(32)44/h1-31H/i1D,3D,4D,16D,17D. The summed E-state index contributed by atoms with van der Waals surface area (Å²) in [4.78, 5) is 2.26. The average Bonchev–Trinajstić information content (AvgIpc) is 3.73. The lowest BCUT2D eigenvalue weighted by molar-refractivity contribution is 0.668. The van der Waals surface area contributed by atoms with Crippen LogP contribution in [0.15, 0.2) is 192 Å². The van der Waals surface area contributed by atoms with Gasteiger partial charge in [0.2, 0.25) is 0 Å². The average molecular weight is 631 g/mol. The van der Waals surface area contributed by atoms with Gasteiger partial charge in [-0.15, -0.1) is 0 Å². The van der Waals surface area contributed by atoms with Gasteiger partial charge in [0, 0.05) is 27.5 Å². The molecule has 1 heterocycles. The van der Waals surface area contributed by atoms with Gasteiger partial charge < -0.3 is 9.32 Å². The van der Waals surface area contributed by atoms with E-state index in [0.29, 0.717) is 5.58 Å². The molecule has 8 aromatic carbocycles. The van der Waals surface area contributed by atoms with Crippen LogP contribution in [-0.4, -0.2) is 0 Å². The van der Waals surface area contributed by atoms with E-state index in [2.05, 4.69) is 83.8 Å². The summed E-state index contributed by atoms with van der Waals surface area (Å²) in [5, 5.41) is 4.08. The molecule has 49 heavy (non-hydrogen) atoms. The van der Waals surface area contributed by atoms with Crippen molar-refractivity contribution >= 4 is 49.8 Å². The van der Waals surface area contributed by atoms with Crippen LogP contribution in [0.2, 0.25) is 0 Å². The van der Waals surface area contributed by atoms with Gasteiger partial charge in [-0.3, -0.25) is 0 Å². The molecule has 0 saturated heterocycles. The van der Waals surface area contributed by atoms with Gasteiger partial charge >= 0.3 is 0 Å². The summed E-state index contributed by atoms with van der Waals surface area (Å²) in [5.41, 5.74) is 7.71. The van der Waals surface area contributed by atoms with Crippen molar-refractivity contribution in [1.29, 1.82) is 0 Å². The number of rotatable bonds is 5. The van der Waals surface area contributed by atoms with Crippen LogP contribution < -0.4 is 4.90 Å². The Balaban J connectivity index is 1.32. The van der Waals surface area contributed by atoms with Crippen LogP contribution in [0.3, 0.4) is 0 Å². The maximum atomic E-state index is 9.43. The van der Waals surface area contributed by atoms with Gasteiger partial charge in [-0.05, 0) is 87.3 Å². The van der Waals surface area contributed by atoms with Crippen LogP contribution in [0, 0.1) is 0 Å². The zero-order chi connectivity index (χ0) is 36.7. The van der Waals surface area contributed by atoms with Crippen LogP contribution in [0.25, 0.3) is 43.8 Å². The van der Waals surface area contributed by atoms with E-state index in [1.165, 1.54) is 0 Å². The largest absolute Gasteiger partial charge is 0.456 e. The van der Waals surface area contributed by atoms with E-state index in [9.17, 15) is 2.74 Å². The second-order valence-corrected chi connectivity index (χ2v) is 12.5. The van der Waals surface area contributed by atoms with Crippen molar-refractivity contribution in [2.75, 3.05) is 4.90 Å². The SMILES string of the molecule is [2H]c1c([2H])c([2H])c(C2(c3ccc4oc5ccccc5c4c3)c3ccccc3-c3cc(N(c4ccccc4)c4cccc5ccccc45)ccc32)c([2H])c1[2H]. The maximum absolute atomic E-state index is 9.43. The lowest BCUT2D eigenvalue weighted by atomic mass is 9.67. The monoisotopic (exact) mass is 630 g/mol. The summed E-state index contributed by atoms with van der Waals surface area (Å²) < 4.78 is 51.3. The topological polar surface area (TPSA) is 16.4 Å². The Kier molecular flexibility index (Phi) is 5.09. The molecule has 0 N–H and O–H groups in total. The van der Waals surface area contributed by atoms with E-state index in [1.807, 2.05) is 78.9 Å².